The number of hydrogen-bond acceptors (Lipinski definition) is 6. The molecule has 1 fully saturated rings. The molecule has 0 N–H and O–H groups in total. The zero-order valence-corrected chi connectivity index (χ0v) is 17.7. The number of ketones is 1. The summed E-state index contributed by atoms with van der Waals surface area (Å²) in [5, 5.41) is 9.16. The summed E-state index contributed by atoms with van der Waals surface area (Å²) in [6, 6.07) is 14.9. The van der Waals surface area contributed by atoms with Crippen LogP contribution in [0.15, 0.2) is 53.7 Å². The number of methoxy groups -OCH3 is 1. The van der Waals surface area contributed by atoms with Gasteiger partial charge in [-0.3, -0.25) is 9.59 Å². The van der Waals surface area contributed by atoms with Crippen LogP contribution in [0.4, 0.5) is 5.69 Å². The van der Waals surface area contributed by atoms with Crippen LogP contribution in [0.2, 0.25) is 0 Å². The van der Waals surface area contributed by atoms with Gasteiger partial charge in [-0.25, -0.2) is 0 Å². The normalized spacial score (nSPS) is 13.7. The lowest BCUT2D eigenvalue weighted by Gasteiger charge is -2.15. The Kier molecular flexibility index (Phi) is 5.85. The fourth-order valence-electron chi connectivity index (χ4n) is 3.42. The highest BCUT2D eigenvalue weighted by molar-refractivity contribution is 7.99. The molecule has 4 rings (SSSR count). The Balaban J connectivity index is 1.41. The van der Waals surface area contributed by atoms with Crippen molar-refractivity contribution in [3.63, 3.8) is 0 Å². The van der Waals surface area contributed by atoms with Gasteiger partial charge in [0, 0.05) is 36.8 Å². The van der Waals surface area contributed by atoms with Gasteiger partial charge >= 0.3 is 0 Å². The predicted octanol–water partition coefficient (Wildman–Crippen LogP) is 3.59. The molecule has 0 radical (unpaired) electrons. The van der Waals surface area contributed by atoms with Gasteiger partial charge in [0.05, 0.1) is 12.9 Å². The number of thioether (sulfide) groups is 1. The van der Waals surface area contributed by atoms with Gasteiger partial charge in [0.1, 0.15) is 5.75 Å². The summed E-state index contributed by atoms with van der Waals surface area (Å²) in [6.45, 7) is 0.740. The van der Waals surface area contributed by atoms with E-state index < -0.39 is 0 Å². The van der Waals surface area contributed by atoms with E-state index in [-0.39, 0.29) is 17.4 Å². The van der Waals surface area contributed by atoms with Crippen molar-refractivity contribution in [2.45, 2.75) is 18.0 Å². The van der Waals surface area contributed by atoms with E-state index in [1.54, 1.807) is 24.1 Å². The van der Waals surface area contributed by atoms with E-state index >= 15 is 0 Å². The monoisotopic (exact) mass is 422 g/mol. The van der Waals surface area contributed by atoms with Gasteiger partial charge in [0.15, 0.2) is 16.8 Å². The van der Waals surface area contributed by atoms with Crippen molar-refractivity contribution in [2.75, 3.05) is 24.3 Å². The number of benzene rings is 2. The minimum atomic E-state index is 0.00484. The number of carbonyl (C=O) groups excluding carboxylic acids is 2. The summed E-state index contributed by atoms with van der Waals surface area (Å²) in [6.07, 6.45) is 1.47. The first-order valence-electron chi connectivity index (χ1n) is 9.67. The highest BCUT2D eigenvalue weighted by Gasteiger charge is 2.22. The highest BCUT2D eigenvalue weighted by Crippen LogP contribution is 2.26. The van der Waals surface area contributed by atoms with Crippen molar-refractivity contribution >= 4 is 29.1 Å². The second-order valence-electron chi connectivity index (χ2n) is 7.00. The molecule has 1 aliphatic heterocycles. The van der Waals surface area contributed by atoms with Crippen LogP contribution in [0.1, 0.15) is 23.2 Å². The van der Waals surface area contributed by atoms with E-state index in [1.165, 1.54) is 11.8 Å². The third kappa shape index (κ3) is 4.09. The summed E-state index contributed by atoms with van der Waals surface area (Å²) in [5.74, 6) is 1.86. The molecular weight excluding hydrogens is 400 g/mol. The topological polar surface area (TPSA) is 77.3 Å². The zero-order chi connectivity index (χ0) is 21.1. The summed E-state index contributed by atoms with van der Waals surface area (Å²) < 4.78 is 7.14. The van der Waals surface area contributed by atoms with Crippen LogP contribution in [-0.2, 0) is 11.8 Å². The van der Waals surface area contributed by atoms with Crippen LogP contribution >= 0.6 is 11.8 Å². The lowest BCUT2D eigenvalue weighted by atomic mass is 10.1. The zero-order valence-electron chi connectivity index (χ0n) is 16.9. The largest absolute Gasteiger partial charge is 0.497 e. The molecule has 1 saturated heterocycles. The van der Waals surface area contributed by atoms with E-state index in [0.29, 0.717) is 23.0 Å². The van der Waals surface area contributed by atoms with Crippen LogP contribution in [0.3, 0.4) is 0 Å². The van der Waals surface area contributed by atoms with Gasteiger partial charge in [0.2, 0.25) is 5.91 Å². The maximum atomic E-state index is 12.6. The molecule has 7 nitrogen and oxygen atoms in total. The van der Waals surface area contributed by atoms with Crippen molar-refractivity contribution in [1.82, 2.24) is 14.8 Å². The van der Waals surface area contributed by atoms with Crippen LogP contribution < -0.4 is 9.64 Å². The highest BCUT2D eigenvalue weighted by atomic mass is 32.2. The Labute approximate surface area is 179 Å². The number of aromatic nitrogens is 3. The molecule has 0 unspecified atom stereocenters. The predicted molar refractivity (Wildman–Crippen MR) is 116 cm³/mol. The number of carbonyl (C=O) groups is 2. The molecular formula is C22H22N4O3S. The lowest BCUT2D eigenvalue weighted by Crippen LogP contribution is -2.23. The molecule has 0 aliphatic carbocycles. The molecule has 0 saturated carbocycles. The number of hydrogen-bond donors (Lipinski definition) is 0. The van der Waals surface area contributed by atoms with Gasteiger partial charge < -0.3 is 14.2 Å². The number of amides is 1. The average Bonchev–Trinajstić information content (AvgIpc) is 3.37. The second-order valence-corrected chi connectivity index (χ2v) is 7.95. The minimum absolute atomic E-state index is 0.00484. The number of rotatable bonds is 7. The third-order valence-corrected chi connectivity index (χ3v) is 6.09. The Morgan fingerprint density at radius 2 is 1.97 bits per heavy atom. The van der Waals surface area contributed by atoms with Crippen molar-refractivity contribution in [1.29, 1.82) is 0 Å². The molecule has 1 aliphatic rings. The molecule has 8 heteroatoms. The Morgan fingerprint density at radius 3 is 2.67 bits per heavy atom. The molecule has 1 aromatic heterocycles. The smallest absolute Gasteiger partial charge is 0.227 e. The fraction of sp³-hybridized carbons (Fsp3) is 0.273. The number of nitrogens with zero attached hydrogens (tertiary/aromatic N) is 4. The van der Waals surface area contributed by atoms with E-state index in [1.807, 2.05) is 48.0 Å². The molecule has 154 valence electrons. The standard InChI is InChI=1S/C22H22N4O3S/c1-25-21(16-5-3-6-18(13-16)29-2)23-24-22(25)30-14-19(27)15-8-10-17(11-9-15)26-12-4-7-20(26)28/h3,5-6,8-11,13H,4,7,12,14H2,1-2H3. The van der Waals surface area contributed by atoms with E-state index in [9.17, 15) is 9.59 Å². The first kappa shape index (κ1) is 20.2. The molecule has 1 amide bonds. The van der Waals surface area contributed by atoms with Crippen molar-refractivity contribution in [3.8, 4) is 17.1 Å². The van der Waals surface area contributed by atoms with Crippen molar-refractivity contribution in [3.05, 3.63) is 54.1 Å². The molecule has 2 aromatic carbocycles. The van der Waals surface area contributed by atoms with E-state index in [4.69, 9.17) is 4.74 Å². The number of ether oxygens (including phenoxy) is 1. The van der Waals surface area contributed by atoms with Gasteiger partial charge in [0.25, 0.3) is 0 Å². The SMILES string of the molecule is COc1cccc(-c2nnc(SCC(=O)c3ccc(N4CCCC4=O)cc3)n2C)c1. The molecule has 0 spiro atoms. The van der Waals surface area contributed by atoms with Crippen LogP contribution in [0, 0.1) is 0 Å². The Morgan fingerprint density at radius 1 is 1.17 bits per heavy atom. The first-order chi connectivity index (χ1) is 14.6. The molecule has 2 heterocycles. The average molecular weight is 423 g/mol. The second kappa shape index (κ2) is 8.71. The summed E-state index contributed by atoms with van der Waals surface area (Å²) in [4.78, 5) is 26.2. The van der Waals surface area contributed by atoms with Crippen LogP contribution in [0.25, 0.3) is 11.4 Å². The minimum Gasteiger partial charge on any atom is -0.497 e. The Hall–Kier alpha value is -3.13. The molecule has 3 aromatic rings. The molecule has 0 atom stereocenters. The number of anilines is 1. The maximum Gasteiger partial charge on any atom is 0.227 e. The van der Waals surface area contributed by atoms with Gasteiger partial charge in [-0.2, -0.15) is 0 Å². The Bertz CT molecular complexity index is 1080. The van der Waals surface area contributed by atoms with Crippen molar-refractivity contribution < 1.29 is 14.3 Å². The van der Waals surface area contributed by atoms with Gasteiger partial charge in [-0.05, 0) is 42.8 Å². The first-order valence-corrected chi connectivity index (χ1v) is 10.7. The van der Waals surface area contributed by atoms with Crippen LogP contribution in [0.5, 0.6) is 5.75 Å². The van der Waals surface area contributed by atoms with Gasteiger partial charge in [-0.15, -0.1) is 10.2 Å². The third-order valence-electron chi connectivity index (χ3n) is 5.07. The summed E-state index contributed by atoms with van der Waals surface area (Å²) >= 11 is 1.35. The van der Waals surface area contributed by atoms with E-state index in [2.05, 4.69) is 10.2 Å². The molecule has 30 heavy (non-hydrogen) atoms. The quantitative estimate of drug-likeness (QED) is 0.428. The van der Waals surface area contributed by atoms with Gasteiger partial charge in [-0.1, -0.05) is 23.9 Å². The molecule has 0 bridgehead atoms. The number of Topliss-reactive ketones (excluding diaryl/α,β-unsaturated/α-hetero) is 1. The maximum absolute atomic E-state index is 12.6. The fourth-order valence-corrected chi connectivity index (χ4v) is 4.22. The van der Waals surface area contributed by atoms with Crippen LogP contribution in [-0.4, -0.2) is 45.9 Å². The summed E-state index contributed by atoms with van der Waals surface area (Å²) in [5.41, 5.74) is 2.36. The summed E-state index contributed by atoms with van der Waals surface area (Å²) in [7, 11) is 3.50. The lowest BCUT2D eigenvalue weighted by molar-refractivity contribution is -0.117. The van der Waals surface area contributed by atoms with E-state index in [0.717, 1.165) is 30.0 Å². The van der Waals surface area contributed by atoms with Crippen molar-refractivity contribution in [2.24, 2.45) is 7.05 Å².